The number of aromatic nitrogens is 4. The molecule has 5 nitrogen and oxygen atoms in total. The number of hydrogen-bond donors (Lipinski definition) is 0. The van der Waals surface area contributed by atoms with Gasteiger partial charge in [0, 0.05) is 55.8 Å². The molecular formula is C53H39N5. The Kier molecular flexibility index (Phi) is 7.76. The van der Waals surface area contributed by atoms with E-state index in [0.717, 1.165) is 45.5 Å². The SMILES string of the molecule is CC1(C)c2cc(N(c3ccccc3)c3ccc(-n4c(-c5ccccc5)nnc4-c4ccccc4)cc3)ccc2-c2ccc(-n3c4ccccc4c4ccccc43)cc21. The van der Waals surface area contributed by atoms with Gasteiger partial charge < -0.3 is 9.47 Å². The highest BCUT2D eigenvalue weighted by Crippen LogP contribution is 2.51. The van der Waals surface area contributed by atoms with Crippen LogP contribution in [0.5, 0.6) is 0 Å². The lowest BCUT2D eigenvalue weighted by Crippen LogP contribution is -2.17. The summed E-state index contributed by atoms with van der Waals surface area (Å²) in [5.74, 6) is 1.60. The van der Waals surface area contributed by atoms with E-state index in [1.54, 1.807) is 0 Å². The molecule has 0 amide bonds. The second kappa shape index (κ2) is 13.3. The van der Waals surface area contributed by atoms with E-state index in [0.29, 0.717) is 0 Å². The lowest BCUT2D eigenvalue weighted by molar-refractivity contribution is 0.660. The second-order valence-corrected chi connectivity index (χ2v) is 15.6. The van der Waals surface area contributed by atoms with Crippen molar-refractivity contribution in [1.82, 2.24) is 19.3 Å². The zero-order chi connectivity index (χ0) is 38.8. The summed E-state index contributed by atoms with van der Waals surface area (Å²) in [5.41, 5.74) is 14.9. The largest absolute Gasteiger partial charge is 0.310 e. The molecule has 0 saturated heterocycles. The Bertz CT molecular complexity index is 3010. The van der Waals surface area contributed by atoms with Crippen LogP contribution in [0.2, 0.25) is 0 Å². The number of rotatable bonds is 7. The second-order valence-electron chi connectivity index (χ2n) is 15.6. The Balaban J connectivity index is 1.00. The molecule has 11 rings (SSSR count). The molecule has 0 spiro atoms. The number of hydrogen-bond acceptors (Lipinski definition) is 3. The zero-order valence-electron chi connectivity index (χ0n) is 32.3. The summed E-state index contributed by atoms with van der Waals surface area (Å²) in [7, 11) is 0. The molecule has 8 aromatic carbocycles. The normalized spacial score (nSPS) is 12.8. The van der Waals surface area contributed by atoms with Crippen molar-refractivity contribution in [2.45, 2.75) is 19.3 Å². The molecule has 1 aliphatic rings. The van der Waals surface area contributed by atoms with Gasteiger partial charge in [0.15, 0.2) is 11.6 Å². The highest BCUT2D eigenvalue weighted by atomic mass is 15.3. The Hall–Kier alpha value is -7.50. The first-order chi connectivity index (χ1) is 28.5. The molecule has 0 atom stereocenters. The van der Waals surface area contributed by atoms with Gasteiger partial charge in [-0.15, -0.1) is 10.2 Å². The molecule has 0 N–H and O–H groups in total. The van der Waals surface area contributed by atoms with Crippen LogP contribution >= 0.6 is 0 Å². The maximum Gasteiger partial charge on any atom is 0.168 e. The molecule has 58 heavy (non-hydrogen) atoms. The molecule has 10 aromatic rings. The fourth-order valence-electron chi connectivity index (χ4n) is 9.04. The maximum absolute atomic E-state index is 4.70. The third-order valence-corrected chi connectivity index (χ3v) is 11.8. The molecule has 0 bridgehead atoms. The van der Waals surface area contributed by atoms with Gasteiger partial charge in [-0.25, -0.2) is 0 Å². The van der Waals surface area contributed by atoms with Gasteiger partial charge in [0.25, 0.3) is 0 Å². The molecule has 0 fully saturated rings. The summed E-state index contributed by atoms with van der Waals surface area (Å²) < 4.78 is 4.58. The first kappa shape index (κ1) is 33.8. The molecule has 0 aliphatic heterocycles. The summed E-state index contributed by atoms with van der Waals surface area (Å²) >= 11 is 0. The van der Waals surface area contributed by atoms with Crippen molar-refractivity contribution >= 4 is 38.9 Å². The van der Waals surface area contributed by atoms with Crippen LogP contribution in [-0.2, 0) is 5.41 Å². The highest BCUT2D eigenvalue weighted by molar-refractivity contribution is 6.09. The molecule has 2 aromatic heterocycles. The summed E-state index contributed by atoms with van der Waals surface area (Å²) in [4.78, 5) is 2.36. The monoisotopic (exact) mass is 745 g/mol. The quantitative estimate of drug-likeness (QED) is 0.163. The number of fused-ring (bicyclic) bond motifs is 6. The number of anilines is 3. The predicted molar refractivity (Wildman–Crippen MR) is 239 cm³/mol. The average molecular weight is 746 g/mol. The fraction of sp³-hybridized carbons (Fsp3) is 0.0566. The molecule has 0 radical (unpaired) electrons. The van der Waals surface area contributed by atoms with Gasteiger partial charge in [0.05, 0.1) is 11.0 Å². The van der Waals surface area contributed by atoms with Gasteiger partial charge in [-0.3, -0.25) is 4.57 Å². The van der Waals surface area contributed by atoms with Gasteiger partial charge in [0.1, 0.15) is 0 Å². The summed E-state index contributed by atoms with van der Waals surface area (Å²) in [6, 6.07) is 71.4. The molecule has 1 aliphatic carbocycles. The topological polar surface area (TPSA) is 38.9 Å². The van der Waals surface area contributed by atoms with E-state index in [9.17, 15) is 0 Å². The van der Waals surface area contributed by atoms with Crippen LogP contribution < -0.4 is 4.90 Å². The van der Waals surface area contributed by atoms with Gasteiger partial charge in [0.2, 0.25) is 0 Å². The summed E-state index contributed by atoms with van der Waals surface area (Å²) in [5, 5.41) is 12.0. The first-order valence-corrected chi connectivity index (χ1v) is 19.8. The van der Waals surface area contributed by atoms with E-state index in [1.807, 2.05) is 36.4 Å². The minimum absolute atomic E-state index is 0.224. The van der Waals surface area contributed by atoms with E-state index in [-0.39, 0.29) is 5.41 Å². The number of para-hydroxylation sites is 3. The minimum atomic E-state index is -0.224. The zero-order valence-corrected chi connectivity index (χ0v) is 32.3. The first-order valence-electron chi connectivity index (χ1n) is 19.8. The molecular weight excluding hydrogens is 707 g/mol. The average Bonchev–Trinajstić information content (AvgIpc) is 3.94. The Morgan fingerprint density at radius 2 is 0.845 bits per heavy atom. The van der Waals surface area contributed by atoms with Crippen LogP contribution in [0.15, 0.2) is 200 Å². The standard InChI is InChI=1S/C53H39N5/c1-53(2)47-34-41(30-32-43(47)44-33-31-42(35-48(44)53)57-49-24-14-12-22-45(49)46-23-13-15-25-50(46)57)56(38-20-10-5-11-21-38)39-26-28-40(29-27-39)58-51(36-16-6-3-7-17-36)54-55-52(58)37-18-8-4-9-19-37/h3-35H,1-2H3. The lowest BCUT2D eigenvalue weighted by atomic mass is 9.82. The minimum Gasteiger partial charge on any atom is -0.310 e. The van der Waals surface area contributed by atoms with Crippen molar-refractivity contribution in [1.29, 1.82) is 0 Å². The van der Waals surface area contributed by atoms with Crippen LogP contribution in [0.3, 0.4) is 0 Å². The summed E-state index contributed by atoms with van der Waals surface area (Å²) in [6.07, 6.45) is 0. The molecule has 5 heteroatoms. The van der Waals surface area contributed by atoms with E-state index >= 15 is 0 Å². The van der Waals surface area contributed by atoms with Crippen LogP contribution in [0.4, 0.5) is 17.1 Å². The Labute approximate surface area is 337 Å². The van der Waals surface area contributed by atoms with Crippen molar-refractivity contribution < 1.29 is 0 Å². The Morgan fingerprint density at radius 3 is 1.43 bits per heavy atom. The Morgan fingerprint density at radius 1 is 0.397 bits per heavy atom. The van der Waals surface area contributed by atoms with Crippen molar-refractivity contribution in [2.75, 3.05) is 4.90 Å². The van der Waals surface area contributed by atoms with Gasteiger partial charge >= 0.3 is 0 Å². The third-order valence-electron chi connectivity index (χ3n) is 11.8. The molecule has 0 unspecified atom stereocenters. The maximum atomic E-state index is 4.70. The van der Waals surface area contributed by atoms with Crippen LogP contribution in [0.1, 0.15) is 25.0 Å². The van der Waals surface area contributed by atoms with Crippen molar-refractivity contribution in [3.63, 3.8) is 0 Å². The molecule has 0 saturated carbocycles. The lowest BCUT2D eigenvalue weighted by Gasteiger charge is -2.28. The van der Waals surface area contributed by atoms with Gasteiger partial charge in [-0.05, 0) is 95.1 Å². The van der Waals surface area contributed by atoms with E-state index < -0.39 is 0 Å². The van der Waals surface area contributed by atoms with E-state index in [2.05, 4.69) is 192 Å². The number of benzene rings is 8. The molecule has 2 heterocycles. The van der Waals surface area contributed by atoms with Gasteiger partial charge in [-0.1, -0.05) is 141 Å². The highest BCUT2D eigenvalue weighted by Gasteiger charge is 2.36. The van der Waals surface area contributed by atoms with Crippen LogP contribution in [0.25, 0.3) is 67.1 Å². The van der Waals surface area contributed by atoms with Crippen molar-refractivity contribution in [2.24, 2.45) is 0 Å². The fourth-order valence-corrected chi connectivity index (χ4v) is 9.04. The van der Waals surface area contributed by atoms with E-state index in [4.69, 9.17) is 10.2 Å². The van der Waals surface area contributed by atoms with Crippen molar-refractivity contribution in [3.8, 4) is 45.3 Å². The van der Waals surface area contributed by atoms with Crippen LogP contribution in [0, 0.1) is 0 Å². The van der Waals surface area contributed by atoms with Crippen LogP contribution in [-0.4, -0.2) is 19.3 Å². The number of nitrogens with zero attached hydrogens (tertiary/aromatic N) is 5. The smallest absolute Gasteiger partial charge is 0.168 e. The summed E-state index contributed by atoms with van der Waals surface area (Å²) in [6.45, 7) is 4.74. The predicted octanol–water partition coefficient (Wildman–Crippen LogP) is 13.5. The van der Waals surface area contributed by atoms with Gasteiger partial charge in [-0.2, -0.15) is 0 Å². The third kappa shape index (κ3) is 5.31. The van der Waals surface area contributed by atoms with Crippen molar-refractivity contribution in [3.05, 3.63) is 211 Å². The van der Waals surface area contributed by atoms with E-state index in [1.165, 1.54) is 49.7 Å². The molecule has 276 valence electrons.